The Hall–Kier alpha value is -1.59. The van der Waals surface area contributed by atoms with Crippen LogP contribution in [0.5, 0.6) is 0 Å². The van der Waals surface area contributed by atoms with Crippen LogP contribution in [-0.2, 0) is 4.74 Å². The minimum atomic E-state index is 0.202. The first-order valence-corrected chi connectivity index (χ1v) is 10.3. The van der Waals surface area contributed by atoms with E-state index in [1.165, 1.54) is 29.7 Å². The van der Waals surface area contributed by atoms with E-state index in [-0.39, 0.29) is 6.10 Å². The number of anilines is 1. The van der Waals surface area contributed by atoms with Crippen molar-refractivity contribution in [3.63, 3.8) is 0 Å². The number of piperidine rings is 1. The molecule has 5 heteroatoms. The molecule has 144 valence electrons. The molecule has 2 fully saturated rings. The third-order valence-electron chi connectivity index (χ3n) is 5.80. The molecule has 2 aliphatic rings. The standard InChI is InChI=1S/C22H28ClN3O/c23-19-6-4-17(5-7-19)18-2-1-3-21(14-18)25-10-8-20(9-11-25)26-12-13-27-22(15-24)16-26/h1-7,14,20,22H,8-13,15-16,24H2/t22-/m1/s1. The van der Waals surface area contributed by atoms with E-state index >= 15 is 0 Å². The van der Waals surface area contributed by atoms with E-state index in [1.54, 1.807) is 0 Å². The van der Waals surface area contributed by atoms with Gasteiger partial charge in [0.1, 0.15) is 0 Å². The minimum Gasteiger partial charge on any atom is -0.374 e. The van der Waals surface area contributed by atoms with Crippen molar-refractivity contribution >= 4 is 17.3 Å². The molecule has 0 bridgehead atoms. The van der Waals surface area contributed by atoms with Gasteiger partial charge in [-0.2, -0.15) is 0 Å². The van der Waals surface area contributed by atoms with E-state index in [0.717, 1.165) is 37.8 Å². The highest BCUT2D eigenvalue weighted by molar-refractivity contribution is 6.30. The topological polar surface area (TPSA) is 41.7 Å². The van der Waals surface area contributed by atoms with Crippen LogP contribution in [0.25, 0.3) is 11.1 Å². The Kier molecular flexibility index (Phi) is 5.98. The predicted molar refractivity (Wildman–Crippen MR) is 112 cm³/mol. The maximum absolute atomic E-state index is 6.02. The van der Waals surface area contributed by atoms with Gasteiger partial charge in [-0.25, -0.2) is 0 Å². The van der Waals surface area contributed by atoms with Gasteiger partial charge >= 0.3 is 0 Å². The summed E-state index contributed by atoms with van der Waals surface area (Å²) in [6.45, 7) is 5.64. The summed E-state index contributed by atoms with van der Waals surface area (Å²) < 4.78 is 5.72. The fourth-order valence-corrected chi connectivity index (χ4v) is 4.36. The largest absolute Gasteiger partial charge is 0.374 e. The molecule has 0 amide bonds. The van der Waals surface area contributed by atoms with Crippen LogP contribution >= 0.6 is 11.6 Å². The normalized spacial score (nSPS) is 22.1. The van der Waals surface area contributed by atoms with Gasteiger partial charge in [-0.3, -0.25) is 4.90 Å². The third-order valence-corrected chi connectivity index (χ3v) is 6.05. The van der Waals surface area contributed by atoms with Gasteiger partial charge in [-0.1, -0.05) is 35.9 Å². The molecule has 4 nitrogen and oxygen atoms in total. The number of morpholine rings is 1. The monoisotopic (exact) mass is 385 g/mol. The van der Waals surface area contributed by atoms with E-state index < -0.39 is 0 Å². The molecular formula is C22H28ClN3O. The van der Waals surface area contributed by atoms with E-state index in [0.29, 0.717) is 12.6 Å². The van der Waals surface area contributed by atoms with Crippen molar-refractivity contribution < 1.29 is 4.74 Å². The number of nitrogens with zero attached hydrogens (tertiary/aromatic N) is 2. The van der Waals surface area contributed by atoms with Gasteiger partial charge in [0.05, 0.1) is 12.7 Å². The fraction of sp³-hybridized carbons (Fsp3) is 0.455. The van der Waals surface area contributed by atoms with Crippen LogP contribution in [0.1, 0.15) is 12.8 Å². The highest BCUT2D eigenvalue weighted by Gasteiger charge is 2.28. The second kappa shape index (κ2) is 8.61. The second-order valence-electron chi connectivity index (χ2n) is 7.50. The number of hydrogen-bond donors (Lipinski definition) is 1. The molecular weight excluding hydrogens is 358 g/mol. The van der Waals surface area contributed by atoms with Crippen LogP contribution in [0.15, 0.2) is 48.5 Å². The van der Waals surface area contributed by atoms with Gasteiger partial charge in [0.2, 0.25) is 0 Å². The van der Waals surface area contributed by atoms with Crippen molar-refractivity contribution in [3.8, 4) is 11.1 Å². The van der Waals surface area contributed by atoms with Crippen LogP contribution in [-0.4, -0.2) is 56.4 Å². The molecule has 0 radical (unpaired) electrons. The molecule has 2 aromatic rings. The van der Waals surface area contributed by atoms with Crippen molar-refractivity contribution in [1.82, 2.24) is 4.90 Å². The molecule has 2 saturated heterocycles. The average molecular weight is 386 g/mol. The Balaban J connectivity index is 1.39. The van der Waals surface area contributed by atoms with Crippen LogP contribution in [0.2, 0.25) is 5.02 Å². The summed E-state index contributed by atoms with van der Waals surface area (Å²) in [5.41, 5.74) is 9.55. The Labute approximate surface area is 166 Å². The van der Waals surface area contributed by atoms with Crippen molar-refractivity contribution in [2.75, 3.05) is 44.2 Å². The zero-order chi connectivity index (χ0) is 18.6. The lowest BCUT2D eigenvalue weighted by molar-refractivity contribution is -0.0416. The Morgan fingerprint density at radius 3 is 2.52 bits per heavy atom. The fourth-order valence-electron chi connectivity index (χ4n) is 4.23. The molecule has 1 atom stereocenters. The minimum absolute atomic E-state index is 0.202. The zero-order valence-corrected chi connectivity index (χ0v) is 16.4. The zero-order valence-electron chi connectivity index (χ0n) is 15.7. The van der Waals surface area contributed by atoms with Crippen molar-refractivity contribution in [1.29, 1.82) is 0 Å². The van der Waals surface area contributed by atoms with Gasteiger partial charge in [-0.05, 0) is 48.2 Å². The highest BCUT2D eigenvalue weighted by Crippen LogP contribution is 2.28. The summed E-state index contributed by atoms with van der Waals surface area (Å²) in [6.07, 6.45) is 2.60. The van der Waals surface area contributed by atoms with Gasteiger partial charge in [0.25, 0.3) is 0 Å². The number of rotatable bonds is 4. The van der Waals surface area contributed by atoms with Gasteiger partial charge in [0, 0.05) is 49.5 Å². The number of hydrogen-bond acceptors (Lipinski definition) is 4. The molecule has 0 saturated carbocycles. The summed E-state index contributed by atoms with van der Waals surface area (Å²) in [5.74, 6) is 0. The van der Waals surface area contributed by atoms with Crippen LogP contribution in [0.3, 0.4) is 0 Å². The SMILES string of the molecule is NC[C@@H]1CN(C2CCN(c3cccc(-c4ccc(Cl)cc4)c3)CC2)CCO1. The molecule has 27 heavy (non-hydrogen) atoms. The summed E-state index contributed by atoms with van der Waals surface area (Å²) in [5, 5.41) is 0.775. The molecule has 0 unspecified atom stereocenters. The average Bonchev–Trinajstić information content (AvgIpc) is 2.74. The van der Waals surface area contributed by atoms with Crippen LogP contribution in [0.4, 0.5) is 5.69 Å². The number of ether oxygens (including phenoxy) is 1. The smallest absolute Gasteiger partial charge is 0.0824 e. The number of nitrogens with two attached hydrogens (primary N) is 1. The lowest BCUT2D eigenvalue weighted by Crippen LogP contribution is -2.53. The Bertz CT molecular complexity index is 743. The molecule has 2 heterocycles. The van der Waals surface area contributed by atoms with E-state index in [9.17, 15) is 0 Å². The molecule has 4 rings (SSSR count). The molecule has 0 spiro atoms. The van der Waals surface area contributed by atoms with Crippen molar-refractivity contribution in [2.45, 2.75) is 25.0 Å². The Morgan fingerprint density at radius 1 is 1.00 bits per heavy atom. The van der Waals surface area contributed by atoms with Crippen molar-refractivity contribution in [3.05, 3.63) is 53.6 Å². The van der Waals surface area contributed by atoms with E-state index in [4.69, 9.17) is 22.1 Å². The number of halogens is 1. The van der Waals surface area contributed by atoms with E-state index in [1.807, 2.05) is 12.1 Å². The lowest BCUT2D eigenvalue weighted by atomic mass is 10.00. The third kappa shape index (κ3) is 4.46. The maximum atomic E-state index is 6.02. The van der Waals surface area contributed by atoms with Gasteiger partial charge in [-0.15, -0.1) is 0 Å². The summed E-state index contributed by atoms with van der Waals surface area (Å²) in [4.78, 5) is 5.10. The highest BCUT2D eigenvalue weighted by atomic mass is 35.5. The maximum Gasteiger partial charge on any atom is 0.0824 e. The summed E-state index contributed by atoms with van der Waals surface area (Å²) in [6, 6.07) is 17.6. The molecule has 2 aromatic carbocycles. The second-order valence-corrected chi connectivity index (χ2v) is 7.94. The van der Waals surface area contributed by atoms with Gasteiger partial charge < -0.3 is 15.4 Å². The predicted octanol–water partition coefficient (Wildman–Crippen LogP) is 3.64. The van der Waals surface area contributed by atoms with Gasteiger partial charge in [0.15, 0.2) is 0 Å². The number of benzene rings is 2. The van der Waals surface area contributed by atoms with Crippen LogP contribution in [0, 0.1) is 0 Å². The molecule has 2 N–H and O–H groups in total. The Morgan fingerprint density at radius 2 is 1.78 bits per heavy atom. The summed E-state index contributed by atoms with van der Waals surface area (Å²) in [7, 11) is 0. The lowest BCUT2D eigenvalue weighted by Gasteiger charge is -2.42. The van der Waals surface area contributed by atoms with Crippen LogP contribution < -0.4 is 10.6 Å². The summed E-state index contributed by atoms with van der Waals surface area (Å²) >= 11 is 6.02. The first-order chi connectivity index (χ1) is 13.2. The first-order valence-electron chi connectivity index (χ1n) is 9.89. The first kappa shape index (κ1) is 18.8. The molecule has 2 aliphatic heterocycles. The molecule has 0 aliphatic carbocycles. The van der Waals surface area contributed by atoms with Crippen molar-refractivity contribution in [2.24, 2.45) is 5.73 Å². The molecule has 0 aromatic heterocycles. The quantitative estimate of drug-likeness (QED) is 0.872. The van der Waals surface area contributed by atoms with E-state index in [2.05, 4.69) is 46.2 Å².